The minimum Gasteiger partial charge on any atom is -0.398 e. The van der Waals surface area contributed by atoms with Crippen LogP contribution in [-0.2, 0) is 5.41 Å². The molecule has 1 unspecified atom stereocenters. The van der Waals surface area contributed by atoms with Gasteiger partial charge < -0.3 is 11.1 Å². The Bertz CT molecular complexity index is 1450. The van der Waals surface area contributed by atoms with Crippen LogP contribution in [0.1, 0.15) is 79.3 Å². The number of anilines is 1. The van der Waals surface area contributed by atoms with Gasteiger partial charge in [-0.3, -0.25) is 0 Å². The first kappa shape index (κ1) is 25.9. The molecule has 3 aromatic rings. The summed E-state index contributed by atoms with van der Waals surface area (Å²) in [7, 11) is 2.04. The lowest BCUT2D eigenvalue weighted by Gasteiger charge is -2.35. The maximum atomic E-state index is 6.96. The van der Waals surface area contributed by atoms with Crippen LogP contribution in [-0.4, -0.2) is 7.05 Å². The lowest BCUT2D eigenvalue weighted by Crippen LogP contribution is -2.30. The summed E-state index contributed by atoms with van der Waals surface area (Å²) in [5, 5.41) is 3.50. The van der Waals surface area contributed by atoms with E-state index in [1.54, 1.807) is 5.57 Å². The highest BCUT2D eigenvalue weighted by atomic mass is 14.8. The van der Waals surface area contributed by atoms with Crippen molar-refractivity contribution in [3.8, 4) is 0 Å². The molecule has 0 saturated heterocycles. The van der Waals surface area contributed by atoms with Gasteiger partial charge in [-0.25, -0.2) is 0 Å². The van der Waals surface area contributed by atoms with Crippen LogP contribution in [0.4, 0.5) is 5.69 Å². The number of fused-ring (bicyclic) bond motifs is 1. The van der Waals surface area contributed by atoms with E-state index in [4.69, 9.17) is 5.73 Å². The van der Waals surface area contributed by atoms with E-state index in [1.807, 2.05) is 7.05 Å². The van der Waals surface area contributed by atoms with Gasteiger partial charge in [-0.2, -0.15) is 0 Å². The van der Waals surface area contributed by atoms with E-state index >= 15 is 0 Å². The summed E-state index contributed by atoms with van der Waals surface area (Å²) in [4.78, 5) is 0. The zero-order chi connectivity index (χ0) is 26.7. The third-order valence-electron chi connectivity index (χ3n) is 8.36. The minimum absolute atomic E-state index is 0.480. The lowest BCUT2D eigenvalue weighted by atomic mass is 9.66. The number of benzene rings is 3. The van der Waals surface area contributed by atoms with E-state index in [0.29, 0.717) is 0 Å². The molecule has 5 rings (SSSR count). The molecule has 0 aromatic heterocycles. The molecule has 194 valence electrons. The van der Waals surface area contributed by atoms with Gasteiger partial charge in [0.25, 0.3) is 0 Å². The molecule has 0 bridgehead atoms. The van der Waals surface area contributed by atoms with E-state index in [9.17, 15) is 0 Å². The monoisotopic (exact) mass is 500 g/mol. The fourth-order valence-electron chi connectivity index (χ4n) is 6.59. The molecule has 0 radical (unpaired) electrons. The maximum absolute atomic E-state index is 6.96. The van der Waals surface area contributed by atoms with Crippen molar-refractivity contribution in [2.24, 2.45) is 5.73 Å². The highest BCUT2D eigenvalue weighted by molar-refractivity contribution is 5.87. The standard InChI is InChI=1S/C36H40N2/c1-5-7-8-13-26-14-11-16-29(26)31-24-28(22-23-34(31)38-4)36(27-20-18-25(3)19-21-27)32-17-10-9-15-30(32)35(37)33(36)12-6-2/h5-7,9-10,12,15,17-24,38H,8,11,13-14,16,37H2,1-4H3/b7-5-,12-6-. The van der Waals surface area contributed by atoms with Crippen molar-refractivity contribution in [1.29, 1.82) is 0 Å². The zero-order valence-corrected chi connectivity index (χ0v) is 23.3. The summed E-state index contributed by atoms with van der Waals surface area (Å²) in [5.74, 6) is 0. The van der Waals surface area contributed by atoms with Crippen LogP contribution >= 0.6 is 0 Å². The van der Waals surface area contributed by atoms with Crippen LogP contribution < -0.4 is 11.1 Å². The predicted octanol–water partition coefficient (Wildman–Crippen LogP) is 8.92. The Hall–Kier alpha value is -3.78. The van der Waals surface area contributed by atoms with Gasteiger partial charge in [-0.15, -0.1) is 0 Å². The Morgan fingerprint density at radius 1 is 0.895 bits per heavy atom. The van der Waals surface area contributed by atoms with E-state index in [-0.39, 0.29) is 0 Å². The summed E-state index contributed by atoms with van der Waals surface area (Å²) in [6.07, 6.45) is 14.6. The van der Waals surface area contributed by atoms with Crippen molar-refractivity contribution in [3.05, 3.63) is 136 Å². The van der Waals surface area contributed by atoms with Gasteiger partial charge >= 0.3 is 0 Å². The quantitative estimate of drug-likeness (QED) is 0.303. The van der Waals surface area contributed by atoms with E-state index in [0.717, 1.165) is 36.1 Å². The van der Waals surface area contributed by atoms with Gasteiger partial charge in [0.05, 0.1) is 5.41 Å². The van der Waals surface area contributed by atoms with Gasteiger partial charge in [0.1, 0.15) is 0 Å². The van der Waals surface area contributed by atoms with Crippen molar-refractivity contribution < 1.29 is 0 Å². The topological polar surface area (TPSA) is 38.0 Å². The largest absolute Gasteiger partial charge is 0.398 e. The fourth-order valence-corrected chi connectivity index (χ4v) is 6.59. The minimum atomic E-state index is -0.480. The third kappa shape index (κ3) is 4.22. The van der Waals surface area contributed by atoms with Gasteiger partial charge in [0.15, 0.2) is 0 Å². The summed E-state index contributed by atoms with van der Waals surface area (Å²) >= 11 is 0. The Morgan fingerprint density at radius 2 is 1.66 bits per heavy atom. The molecule has 2 aliphatic rings. The molecule has 0 aliphatic heterocycles. The van der Waals surface area contributed by atoms with Crippen molar-refractivity contribution in [2.45, 2.75) is 58.3 Å². The maximum Gasteiger partial charge on any atom is 0.0728 e. The smallest absolute Gasteiger partial charge is 0.0728 e. The molecule has 2 heteroatoms. The molecule has 0 saturated carbocycles. The first-order valence-corrected chi connectivity index (χ1v) is 14.0. The van der Waals surface area contributed by atoms with Gasteiger partial charge in [0.2, 0.25) is 0 Å². The van der Waals surface area contributed by atoms with Crippen LogP contribution in [0, 0.1) is 6.92 Å². The van der Waals surface area contributed by atoms with Crippen molar-refractivity contribution in [1.82, 2.24) is 0 Å². The van der Waals surface area contributed by atoms with Gasteiger partial charge in [0, 0.05) is 29.6 Å². The second-order valence-electron chi connectivity index (χ2n) is 10.5. The number of hydrogen-bond donors (Lipinski definition) is 2. The van der Waals surface area contributed by atoms with Crippen LogP contribution in [0.25, 0.3) is 11.3 Å². The van der Waals surface area contributed by atoms with E-state index in [1.165, 1.54) is 51.9 Å². The normalized spacial score (nSPS) is 19.3. The summed E-state index contributed by atoms with van der Waals surface area (Å²) in [5.41, 5.74) is 20.3. The van der Waals surface area contributed by atoms with Crippen LogP contribution in [0.5, 0.6) is 0 Å². The molecule has 3 aromatic carbocycles. The van der Waals surface area contributed by atoms with Crippen molar-refractivity contribution >= 4 is 17.0 Å². The Morgan fingerprint density at radius 3 is 2.39 bits per heavy atom. The third-order valence-corrected chi connectivity index (χ3v) is 8.36. The number of rotatable bonds is 8. The van der Waals surface area contributed by atoms with Crippen LogP contribution in [0.2, 0.25) is 0 Å². The number of aryl methyl sites for hydroxylation is 1. The summed E-state index contributed by atoms with van der Waals surface area (Å²) in [6.45, 7) is 6.34. The number of hydrogen-bond acceptors (Lipinski definition) is 2. The molecule has 1 atom stereocenters. The molecule has 0 amide bonds. The van der Waals surface area contributed by atoms with Crippen LogP contribution in [0.15, 0.2) is 102 Å². The molecule has 3 N–H and O–H groups in total. The molecular weight excluding hydrogens is 460 g/mol. The molecule has 2 aliphatic carbocycles. The molecule has 0 heterocycles. The highest BCUT2D eigenvalue weighted by Gasteiger charge is 2.46. The molecular formula is C36H40N2. The summed E-state index contributed by atoms with van der Waals surface area (Å²) in [6, 6.07) is 24.8. The predicted molar refractivity (Wildman–Crippen MR) is 164 cm³/mol. The van der Waals surface area contributed by atoms with Crippen molar-refractivity contribution in [3.63, 3.8) is 0 Å². The van der Waals surface area contributed by atoms with Crippen molar-refractivity contribution in [2.75, 3.05) is 12.4 Å². The first-order valence-electron chi connectivity index (χ1n) is 14.0. The van der Waals surface area contributed by atoms with E-state index < -0.39 is 5.41 Å². The number of allylic oxidation sites excluding steroid dienone is 7. The average Bonchev–Trinajstić information content (AvgIpc) is 3.51. The van der Waals surface area contributed by atoms with E-state index in [2.05, 4.69) is 117 Å². The first-order chi connectivity index (χ1) is 18.6. The van der Waals surface area contributed by atoms with Gasteiger partial charge in [-0.05, 0) is 92.8 Å². The second-order valence-corrected chi connectivity index (χ2v) is 10.5. The molecule has 38 heavy (non-hydrogen) atoms. The SMILES string of the molecule is C/C=C\CCC1=C(c2cc(C3(c4ccc(C)cc4)C(/C=C\C)=C(N)c4ccccc43)ccc2NC)CCC1. The Labute approximate surface area is 228 Å². The summed E-state index contributed by atoms with van der Waals surface area (Å²) < 4.78 is 0. The molecule has 0 spiro atoms. The number of nitrogens with one attached hydrogen (secondary N) is 1. The average molecular weight is 501 g/mol. The molecule has 0 fully saturated rings. The molecule has 2 nitrogen and oxygen atoms in total. The fraction of sp³-hybridized carbons (Fsp3) is 0.278. The Kier molecular flexibility index (Phi) is 7.42. The number of nitrogens with two attached hydrogens (primary N) is 1. The second kappa shape index (κ2) is 10.9. The Balaban J connectivity index is 1.81. The highest BCUT2D eigenvalue weighted by Crippen LogP contribution is 2.54. The van der Waals surface area contributed by atoms with Crippen LogP contribution in [0.3, 0.4) is 0 Å². The zero-order valence-electron chi connectivity index (χ0n) is 23.3. The lowest BCUT2D eigenvalue weighted by molar-refractivity contribution is 0.760. The van der Waals surface area contributed by atoms with Gasteiger partial charge in [-0.1, -0.05) is 90.0 Å².